The lowest BCUT2D eigenvalue weighted by molar-refractivity contribution is 0.283. The van der Waals surface area contributed by atoms with Gasteiger partial charge in [0.15, 0.2) is 40.4 Å². The molecule has 716 valence electrons. The summed E-state index contributed by atoms with van der Waals surface area (Å²) in [6, 6.07) is 30.9. The lowest BCUT2D eigenvalue weighted by Gasteiger charge is -2.20. The van der Waals surface area contributed by atoms with Crippen molar-refractivity contribution in [2.75, 3.05) is 30.2 Å². The van der Waals surface area contributed by atoms with Gasteiger partial charge in [0.1, 0.15) is 39.5 Å². The van der Waals surface area contributed by atoms with Gasteiger partial charge in [-0.1, -0.05) is 102 Å². The quantitative estimate of drug-likeness (QED) is 0.0158. The van der Waals surface area contributed by atoms with E-state index in [-0.39, 0.29) is 134 Å². The Morgan fingerprint density at radius 3 is 1.35 bits per heavy atom. The Hall–Kier alpha value is -8.35. The molecule has 0 atom stereocenters. The molecule has 0 spiro atoms. The van der Waals surface area contributed by atoms with E-state index in [0.717, 1.165) is 18.1 Å². The number of nitrogens with one attached hydrogen (secondary N) is 5. The van der Waals surface area contributed by atoms with Crippen LogP contribution in [0.5, 0.6) is 0 Å². The third-order valence-corrected chi connectivity index (χ3v) is 36.9. The third kappa shape index (κ3) is 22.5. The summed E-state index contributed by atoms with van der Waals surface area (Å²) in [5.74, 6) is -3.94. The highest BCUT2D eigenvalue weighted by Crippen LogP contribution is 2.48. The smallest absolute Gasteiger partial charge is 0.238 e. The van der Waals surface area contributed by atoms with Gasteiger partial charge in [0.2, 0.25) is 55.7 Å². The minimum atomic E-state index is -3.88. The van der Waals surface area contributed by atoms with E-state index in [9.17, 15) is 60.4 Å². The molecule has 7 aromatic heterocycles. The van der Waals surface area contributed by atoms with E-state index in [1.165, 1.54) is 64.4 Å². The molecule has 5 fully saturated rings. The molecule has 48 heteroatoms. The molecular formula is C88H77Br2Cl3F7I3N16O12S5. The van der Waals surface area contributed by atoms with Crippen LogP contribution >= 0.6 is 134 Å². The van der Waals surface area contributed by atoms with E-state index in [1.54, 1.807) is 109 Å². The highest BCUT2D eigenvalue weighted by molar-refractivity contribution is 14.1. The first kappa shape index (κ1) is 101. The fourth-order valence-electron chi connectivity index (χ4n) is 14.8. The minimum absolute atomic E-state index is 0.0302. The van der Waals surface area contributed by atoms with Crippen molar-refractivity contribution in [3.8, 4) is 0 Å². The lowest BCUT2D eigenvalue weighted by atomic mass is 10.0. The molecule has 5 aliphatic rings. The van der Waals surface area contributed by atoms with Crippen molar-refractivity contribution in [1.82, 2.24) is 53.5 Å². The van der Waals surface area contributed by atoms with Crippen LogP contribution in [0.15, 0.2) is 160 Å². The first-order chi connectivity index (χ1) is 64.4. The van der Waals surface area contributed by atoms with Gasteiger partial charge in [-0.25, -0.2) is 102 Å². The van der Waals surface area contributed by atoms with Crippen LogP contribution in [0.2, 0.25) is 15.2 Å². The van der Waals surface area contributed by atoms with E-state index < -0.39 is 111 Å². The molecule has 6 N–H and O–H groups in total. The average Bonchev–Trinajstić information content (AvgIpc) is 1.57. The van der Waals surface area contributed by atoms with Crippen LogP contribution in [-0.4, -0.2) is 133 Å². The number of aromatic nitrogens is 11. The Bertz CT molecular complexity index is 7560. The van der Waals surface area contributed by atoms with Gasteiger partial charge in [-0.05, 0) is 252 Å². The zero-order valence-corrected chi connectivity index (χ0v) is 87.2. The van der Waals surface area contributed by atoms with Gasteiger partial charge in [0.05, 0.1) is 78.4 Å². The number of aryl methyl sites for hydroxylation is 3. The number of aliphatic hydroxyl groups excluding tert-OH is 1. The highest BCUT2D eigenvalue weighted by atomic mass is 127. The fourth-order valence-corrected chi connectivity index (χ4v) is 25.2. The molecule has 5 aliphatic carbocycles. The van der Waals surface area contributed by atoms with Gasteiger partial charge in [-0.2, -0.15) is 5.10 Å². The van der Waals surface area contributed by atoms with Crippen molar-refractivity contribution in [3.63, 3.8) is 0 Å². The second kappa shape index (κ2) is 40.3. The number of rotatable bonds is 27. The molecule has 7 heterocycles. The van der Waals surface area contributed by atoms with Crippen molar-refractivity contribution < 1.29 is 82.5 Å². The first-order valence-electron chi connectivity index (χ1n) is 41.6. The number of nitrogens with zero attached hydrogens (tertiary/aromatic N) is 11. The Balaban J connectivity index is 0.000000123. The second-order valence-corrected chi connectivity index (χ2v) is 49.8. The van der Waals surface area contributed by atoms with Crippen molar-refractivity contribution in [3.05, 3.63) is 283 Å². The van der Waals surface area contributed by atoms with Gasteiger partial charge in [0, 0.05) is 134 Å². The molecule has 0 saturated heterocycles. The summed E-state index contributed by atoms with van der Waals surface area (Å²) in [6.07, 6.45) is 13.2. The Morgan fingerprint density at radius 2 is 0.912 bits per heavy atom. The number of sulfonamides is 5. The van der Waals surface area contributed by atoms with Gasteiger partial charge >= 0.3 is 0 Å². The van der Waals surface area contributed by atoms with Gasteiger partial charge in [-0.15, -0.1) is 5.10 Å². The minimum Gasteiger partial charge on any atom is -0.396 e. The van der Waals surface area contributed by atoms with Crippen LogP contribution < -0.4 is 23.6 Å². The summed E-state index contributed by atoms with van der Waals surface area (Å²) in [5, 5.41) is 21.3. The largest absolute Gasteiger partial charge is 0.396 e. The summed E-state index contributed by atoms with van der Waals surface area (Å²) in [5.41, 5.74) is 5.32. The van der Waals surface area contributed by atoms with Crippen molar-refractivity contribution in [1.29, 1.82) is 0 Å². The van der Waals surface area contributed by atoms with Crippen molar-refractivity contribution in [2.45, 2.75) is 135 Å². The number of aliphatic hydroxyl groups is 1. The molecule has 15 aromatic rings. The van der Waals surface area contributed by atoms with E-state index in [2.05, 4.69) is 90.8 Å². The van der Waals surface area contributed by atoms with Gasteiger partial charge < -0.3 is 18.8 Å². The normalized spacial score (nSPS) is 14.9. The van der Waals surface area contributed by atoms with Crippen LogP contribution in [0.3, 0.4) is 0 Å². The predicted octanol–water partition coefficient (Wildman–Crippen LogP) is 20.2. The number of fused-ring (bicyclic) bond motifs is 5. The van der Waals surface area contributed by atoms with Crippen molar-refractivity contribution in [2.24, 2.45) is 14.1 Å². The number of hydrogen-bond donors (Lipinski definition) is 6. The maximum Gasteiger partial charge on any atom is 0.238 e. The van der Waals surface area contributed by atoms with Crippen molar-refractivity contribution >= 4 is 258 Å². The zero-order valence-electron chi connectivity index (χ0n) is 71.3. The van der Waals surface area contributed by atoms with E-state index in [0.29, 0.717) is 132 Å². The number of anilines is 5. The summed E-state index contributed by atoms with van der Waals surface area (Å²) in [6.45, 7) is 1.39. The molecule has 0 bridgehead atoms. The molecule has 8 aromatic carbocycles. The van der Waals surface area contributed by atoms with E-state index >= 15 is 17.6 Å². The maximum absolute atomic E-state index is 15.4. The molecule has 28 nitrogen and oxygen atoms in total. The highest BCUT2D eigenvalue weighted by Gasteiger charge is 2.54. The Kier molecular flexibility index (Phi) is 29.8. The molecule has 5 saturated carbocycles. The molecule has 20 rings (SSSR count). The Labute approximate surface area is 847 Å². The van der Waals surface area contributed by atoms with Crippen LogP contribution in [0.4, 0.5) is 59.4 Å². The SMILES string of the molecule is Cc1noc2c(F)c(Cc3ccc(I)cc3F)c(NS(=O)(=O)C3CC3)cc12.Cn1cnc2c(F)c(Cc3ccc(I)cc3F)c(NS(=O)(=O)C3(CCO)CC3)cc21.Cn1cnc2c(F)c(Cc3ccc(I)cc3F)c(NS(=O)(=O)C3CC3)cc21.O=S(=O)(Nc1nc2ccnn2c(Cl)c1Cc1ccc(Br)cc1Cl)C1CC1.O=S(=O)(Nc1nn2ccnc2c(F)c1Cc1ccc(Br)cc1Cl)C1CC1. The summed E-state index contributed by atoms with van der Waals surface area (Å²) >= 11 is 31.7. The monoisotopic (exact) mass is 2490 g/mol. The maximum atomic E-state index is 15.4. The second-order valence-electron chi connectivity index (χ2n) is 33.1. The standard InChI is InChI=1S/C20H20F2IN3O3S.C18H16F2IN3O2S.C18H15F2IN2O3S.C16H13BrCl2N4O2S.C16H13BrClFN4O2S/c1-26-11-24-19-17(26)10-16(25-30(28,29)20(4-5-20)6-7-27)14(18(19)22)8-12-2-3-13(23)9-15(12)21;1-24-9-22-18-16(24)8-15(23-27(25,26)12-4-5-12)13(17(18)20)6-10-2-3-11(21)7-14(10)19;1-9-13-8-16(23-27(24,25)12-4-5-12)14(17(20)18(13)26-22-9)6-10-2-3-11(21)7-15(10)19;17-10-2-1-9(13(18)8-10)7-12-15(19)23-14(5-6-20-23)21-16(12)22-26(24,25)11-3-4-11;17-10-2-1-9(13(18)8-10)7-12-14(19)16-20-5-6-23(16)21-15(12)22-26(24,25)11-3-4-11/h2-3,9-11,25,27H,4-8H2,1H3;2-3,7-9,12,23H,4-6H2,1H3;2-3,7-8,12,23H,4-6H2,1H3;2*1-2,5-6,8,11H,3-4,7H2,(H,21,22). The van der Waals surface area contributed by atoms with Gasteiger partial charge in [0.25, 0.3) is 0 Å². The Morgan fingerprint density at radius 1 is 0.493 bits per heavy atom. The fraction of sp³-hybridized carbons (Fsp3) is 0.284. The molecule has 0 radical (unpaired) electrons. The summed E-state index contributed by atoms with van der Waals surface area (Å²) in [7, 11) is -14.8. The number of halogens is 15. The number of hydrogen-bond acceptors (Lipinski definition) is 19. The lowest BCUT2D eigenvalue weighted by Crippen LogP contribution is -2.31. The number of imidazole rings is 3. The van der Waals surface area contributed by atoms with E-state index in [4.69, 9.17) is 39.3 Å². The molecule has 0 unspecified atom stereocenters. The van der Waals surface area contributed by atoms with E-state index in [1.807, 2.05) is 79.9 Å². The molecule has 0 aliphatic heterocycles. The van der Waals surface area contributed by atoms with Gasteiger partial charge in [-0.3, -0.25) is 23.6 Å². The molecule has 0 amide bonds. The zero-order chi connectivity index (χ0) is 97.3. The first-order valence-corrected chi connectivity index (χ1v) is 55.3. The molecular weight excluding hydrogens is 2410 g/mol. The molecule has 136 heavy (non-hydrogen) atoms. The van der Waals surface area contributed by atoms with Crippen LogP contribution in [0, 0.1) is 58.4 Å². The summed E-state index contributed by atoms with van der Waals surface area (Å²) < 4.78 is 255. The summed E-state index contributed by atoms with van der Waals surface area (Å²) in [4.78, 5) is 16.5. The third-order valence-electron chi connectivity index (χ3n) is 23.2. The average molecular weight is 2490 g/mol. The topological polar surface area (TPSA) is 373 Å². The van der Waals surface area contributed by atoms with Crippen LogP contribution in [-0.2, 0) is 96.3 Å². The number of benzene rings is 8. The van der Waals surface area contributed by atoms with Crippen LogP contribution in [0.1, 0.15) is 132 Å². The predicted molar refractivity (Wildman–Crippen MR) is 539 cm³/mol. The van der Waals surface area contributed by atoms with Crippen LogP contribution in [0.25, 0.3) is 44.3 Å².